The molecule has 0 amide bonds. The Kier molecular flexibility index (Phi) is 90.3. The Morgan fingerprint density at radius 3 is 1.25 bits per heavy atom. The fourth-order valence-corrected chi connectivity index (χ4v) is 0. The van der Waals surface area contributed by atoms with Gasteiger partial charge < -0.3 is 2.85 Å². The quantitative estimate of drug-likeness (QED) is 0.431. The average Bonchev–Trinajstić information content (AvgIpc) is 0. The molecule has 4 heavy (non-hydrogen) atoms. The largest absolute Gasteiger partial charge is 2.00 e. The first kappa shape index (κ1) is 23.0. The van der Waals surface area contributed by atoms with Gasteiger partial charge in [0.2, 0.25) is 0 Å². The molecule has 0 saturated heterocycles. The third kappa shape index (κ3) is 10.1. The topological polar surface area (TPSA) is 0 Å². The van der Waals surface area contributed by atoms with E-state index in [1.807, 2.05) is 0 Å². The van der Waals surface area contributed by atoms with Crippen LogP contribution >= 0.6 is 0 Å². The molecular weight excluding hydrogens is 470 g/mol. The summed E-state index contributed by atoms with van der Waals surface area (Å²) in [5.74, 6) is 0. The first-order chi connectivity index (χ1) is 0. The Balaban J connectivity index is 0. The monoisotopic (exact) mass is 471 g/mol. The minimum Gasteiger partial charge on any atom is -1.00 e. The molecule has 4 heteroatoms. The molecule has 0 bridgehead atoms. The third-order valence-corrected chi connectivity index (χ3v) is 0. The molecule has 0 N–H and O–H groups in total. The van der Waals surface area contributed by atoms with E-state index < -0.39 is 0 Å². The minimum atomic E-state index is 0. The van der Waals surface area contributed by atoms with Gasteiger partial charge in [0, 0.05) is 104 Å². The van der Waals surface area contributed by atoms with Gasteiger partial charge in [-0.1, -0.05) is 0 Å². The van der Waals surface area contributed by atoms with E-state index in [-0.39, 0.29) is 156 Å². The SMILES string of the molecule is [Ba+2].[H-].[H-].[Nd].[Pr].[Ti]. The zero-order valence-corrected chi connectivity index (χ0v) is 15.2. The van der Waals surface area contributed by atoms with Crippen LogP contribution in [0.2, 0.25) is 0 Å². The molecule has 0 rings (SSSR count). The van der Waals surface area contributed by atoms with Crippen LogP contribution in [0.25, 0.3) is 0 Å². The van der Waals surface area contributed by atoms with E-state index in [1.54, 1.807) is 0 Å². The maximum atomic E-state index is 0. The van der Waals surface area contributed by atoms with Gasteiger partial charge in [0.25, 0.3) is 0 Å². The molecule has 0 aliphatic heterocycles. The first-order valence-corrected chi connectivity index (χ1v) is 0. The molecule has 0 aliphatic carbocycles. The van der Waals surface area contributed by atoms with Gasteiger partial charge in [0.05, 0.1) is 0 Å². The summed E-state index contributed by atoms with van der Waals surface area (Å²) >= 11 is 0. The molecule has 0 aromatic heterocycles. The van der Waals surface area contributed by atoms with Crippen molar-refractivity contribution in [1.29, 1.82) is 0 Å². The average molecular weight is 472 g/mol. The standard InChI is InChI=1S/Ba.Nd.Pr.Ti.2H/q+2;;;;2*-1. The van der Waals surface area contributed by atoms with E-state index in [1.165, 1.54) is 0 Å². The van der Waals surface area contributed by atoms with Crippen molar-refractivity contribution < 1.29 is 107 Å². The summed E-state index contributed by atoms with van der Waals surface area (Å²) < 4.78 is 0. The van der Waals surface area contributed by atoms with Gasteiger partial charge in [0.15, 0.2) is 0 Å². The second-order valence-corrected chi connectivity index (χ2v) is 0. The van der Waals surface area contributed by atoms with E-state index in [9.17, 15) is 0 Å². The second kappa shape index (κ2) is 15.7. The molecule has 0 aromatic carbocycles. The Hall–Kier alpha value is 5.00. The summed E-state index contributed by atoms with van der Waals surface area (Å²) in [6.45, 7) is 0. The van der Waals surface area contributed by atoms with Crippen LogP contribution in [0.3, 0.4) is 0 Å². The Morgan fingerprint density at radius 2 is 1.25 bits per heavy atom. The van der Waals surface area contributed by atoms with Crippen LogP contribution in [0.15, 0.2) is 0 Å². The second-order valence-electron chi connectivity index (χ2n) is 0. The Morgan fingerprint density at radius 1 is 1.25 bits per heavy atom. The van der Waals surface area contributed by atoms with Crippen molar-refractivity contribution in [3.05, 3.63) is 0 Å². The van der Waals surface area contributed by atoms with Crippen LogP contribution in [0.5, 0.6) is 0 Å². The zero-order chi connectivity index (χ0) is 0. The van der Waals surface area contributed by atoms with Crippen LogP contribution in [-0.2, 0) is 21.7 Å². The van der Waals surface area contributed by atoms with Crippen molar-refractivity contribution in [2.24, 2.45) is 0 Å². The van der Waals surface area contributed by atoms with Crippen molar-refractivity contribution in [2.75, 3.05) is 0 Å². The molecule has 0 aromatic rings. The summed E-state index contributed by atoms with van der Waals surface area (Å²) in [6, 6.07) is 0. The van der Waals surface area contributed by atoms with Gasteiger partial charge in [0.1, 0.15) is 0 Å². The Bertz CT molecular complexity index is 13.5. The van der Waals surface area contributed by atoms with E-state index >= 15 is 0 Å². The maximum Gasteiger partial charge on any atom is 2.00 e. The summed E-state index contributed by atoms with van der Waals surface area (Å²) in [7, 11) is 0. The molecule has 0 unspecified atom stereocenters. The molecule has 0 spiro atoms. The first-order valence-electron chi connectivity index (χ1n) is 0. The van der Waals surface area contributed by atoms with Gasteiger partial charge in [-0.2, -0.15) is 0 Å². The molecule has 0 saturated carbocycles. The van der Waals surface area contributed by atoms with Crippen molar-refractivity contribution >= 4 is 48.9 Å². The smallest absolute Gasteiger partial charge is 1.00 e. The molecule has 0 atom stereocenters. The summed E-state index contributed by atoms with van der Waals surface area (Å²) in [4.78, 5) is 0. The van der Waals surface area contributed by atoms with Crippen molar-refractivity contribution in [2.45, 2.75) is 0 Å². The summed E-state index contributed by atoms with van der Waals surface area (Å²) in [5, 5.41) is 0. The molecule has 0 heterocycles. The van der Waals surface area contributed by atoms with E-state index in [0.717, 1.165) is 0 Å². The van der Waals surface area contributed by atoms with Crippen molar-refractivity contribution in [3.8, 4) is 0 Å². The van der Waals surface area contributed by atoms with E-state index in [0.29, 0.717) is 0 Å². The molecule has 0 nitrogen and oxygen atoms in total. The van der Waals surface area contributed by atoms with Gasteiger partial charge in [-0.3, -0.25) is 0 Å². The molecule has 0 fully saturated rings. The predicted molar refractivity (Wildman–Crippen MR) is 7.98 cm³/mol. The van der Waals surface area contributed by atoms with Gasteiger partial charge in [-0.05, 0) is 0 Å². The van der Waals surface area contributed by atoms with Crippen LogP contribution in [0.4, 0.5) is 0 Å². The summed E-state index contributed by atoms with van der Waals surface area (Å²) in [5.41, 5.74) is 0. The number of hydrogen-bond donors (Lipinski definition) is 0. The van der Waals surface area contributed by atoms with Crippen LogP contribution in [0.1, 0.15) is 2.85 Å². The van der Waals surface area contributed by atoms with Crippen LogP contribution in [-0.4, -0.2) is 48.9 Å². The fraction of sp³-hybridized carbons (Fsp3) is 0. The van der Waals surface area contributed by atoms with E-state index in [2.05, 4.69) is 0 Å². The zero-order valence-electron chi connectivity index (χ0n) is 4.28. The molecular formula is H2BaNdPrTi. The molecule has 15 valence electrons. The van der Waals surface area contributed by atoms with Gasteiger partial charge in [-0.15, -0.1) is 0 Å². The van der Waals surface area contributed by atoms with Crippen molar-refractivity contribution in [3.63, 3.8) is 0 Å². The van der Waals surface area contributed by atoms with Crippen molar-refractivity contribution in [1.82, 2.24) is 0 Å². The van der Waals surface area contributed by atoms with Crippen LogP contribution in [0, 0.1) is 82.1 Å². The summed E-state index contributed by atoms with van der Waals surface area (Å²) in [6.07, 6.45) is 0. The third-order valence-electron chi connectivity index (χ3n) is 0. The number of hydrogen-bond acceptors (Lipinski definition) is 0. The van der Waals surface area contributed by atoms with Gasteiger partial charge >= 0.3 is 48.9 Å². The van der Waals surface area contributed by atoms with E-state index in [4.69, 9.17) is 0 Å². The molecule has 0 aliphatic rings. The molecule has 1 radical (unpaired) electrons. The Labute approximate surface area is 150 Å². The van der Waals surface area contributed by atoms with Crippen LogP contribution < -0.4 is 0 Å². The minimum absolute atomic E-state index is 0. The van der Waals surface area contributed by atoms with Gasteiger partial charge in [-0.25, -0.2) is 0 Å². The predicted octanol–water partition coefficient (Wildman–Crippen LogP) is -0.158. The maximum absolute atomic E-state index is 0. The normalized spacial score (nSPS) is 0. The fourth-order valence-electron chi connectivity index (χ4n) is 0. The number of rotatable bonds is 0.